The summed E-state index contributed by atoms with van der Waals surface area (Å²) in [7, 11) is 0. The lowest BCUT2D eigenvalue weighted by atomic mass is 10.0. The van der Waals surface area contributed by atoms with Crippen molar-refractivity contribution in [2.24, 2.45) is 0 Å². The van der Waals surface area contributed by atoms with Gasteiger partial charge in [0.2, 0.25) is 5.91 Å². The predicted molar refractivity (Wildman–Crippen MR) is 85.9 cm³/mol. The average molecular weight is 303 g/mol. The van der Waals surface area contributed by atoms with E-state index in [1.807, 2.05) is 23.1 Å². The molecule has 1 atom stereocenters. The molecular weight excluding hydrogens is 278 g/mol. The first kappa shape index (κ1) is 16.7. The number of benzene rings is 1. The van der Waals surface area contributed by atoms with Crippen LogP contribution < -0.4 is 0 Å². The van der Waals surface area contributed by atoms with Gasteiger partial charge < -0.3 is 9.64 Å². The summed E-state index contributed by atoms with van der Waals surface area (Å²) >= 11 is 0. The summed E-state index contributed by atoms with van der Waals surface area (Å²) in [5.74, 6) is 0.0961. The molecule has 0 radical (unpaired) electrons. The Bertz CT molecular complexity index is 486. The van der Waals surface area contributed by atoms with Crippen LogP contribution in [0.3, 0.4) is 0 Å². The van der Waals surface area contributed by atoms with Crippen LogP contribution >= 0.6 is 0 Å². The van der Waals surface area contributed by atoms with Gasteiger partial charge in [0.1, 0.15) is 0 Å². The quantitative estimate of drug-likeness (QED) is 0.727. The molecule has 0 N–H and O–H groups in total. The van der Waals surface area contributed by atoms with Gasteiger partial charge in [-0.15, -0.1) is 0 Å². The molecule has 4 nitrogen and oxygen atoms in total. The van der Waals surface area contributed by atoms with Crippen molar-refractivity contribution in [3.05, 3.63) is 35.9 Å². The van der Waals surface area contributed by atoms with Crippen LogP contribution in [-0.4, -0.2) is 42.4 Å². The van der Waals surface area contributed by atoms with Gasteiger partial charge in [-0.2, -0.15) is 0 Å². The Hall–Kier alpha value is -1.68. The number of hydrogen-bond acceptors (Lipinski definition) is 3. The van der Waals surface area contributed by atoms with Crippen LogP contribution in [0.2, 0.25) is 0 Å². The third kappa shape index (κ3) is 4.95. The minimum Gasteiger partial charge on any atom is -0.376 e. The van der Waals surface area contributed by atoms with Gasteiger partial charge in [0.05, 0.1) is 6.10 Å². The van der Waals surface area contributed by atoms with Crippen LogP contribution in [0.4, 0.5) is 0 Å². The molecule has 1 saturated heterocycles. The van der Waals surface area contributed by atoms with E-state index >= 15 is 0 Å². The van der Waals surface area contributed by atoms with Crippen molar-refractivity contribution in [1.82, 2.24) is 4.90 Å². The first-order chi connectivity index (χ1) is 10.7. The maximum Gasteiger partial charge on any atom is 0.223 e. The van der Waals surface area contributed by atoms with Crippen LogP contribution in [0.1, 0.15) is 49.4 Å². The first-order valence-electron chi connectivity index (χ1n) is 8.18. The molecule has 22 heavy (non-hydrogen) atoms. The molecular formula is C18H25NO3. The largest absolute Gasteiger partial charge is 0.376 e. The van der Waals surface area contributed by atoms with E-state index in [9.17, 15) is 9.59 Å². The summed E-state index contributed by atoms with van der Waals surface area (Å²) in [6.07, 6.45) is 3.71. The standard InChI is InChI=1S/C18H25NO3/c1-2-13-22-16-9-6-12-19(14-16)18(21)11-10-17(20)15-7-4-3-5-8-15/h3-5,7-8,16H,2,6,9-14H2,1H3/t16-/m0/s1. The second kappa shape index (κ2) is 8.69. The van der Waals surface area contributed by atoms with Crippen molar-refractivity contribution in [1.29, 1.82) is 0 Å². The molecule has 0 unspecified atom stereocenters. The Labute approximate surface area is 132 Å². The molecule has 1 aromatic rings. The number of ether oxygens (including phenoxy) is 1. The molecule has 0 spiro atoms. The highest BCUT2D eigenvalue weighted by Crippen LogP contribution is 2.15. The fourth-order valence-corrected chi connectivity index (χ4v) is 2.73. The average Bonchev–Trinajstić information content (AvgIpc) is 2.58. The van der Waals surface area contributed by atoms with Gasteiger partial charge in [0, 0.05) is 38.1 Å². The Morgan fingerprint density at radius 2 is 2.00 bits per heavy atom. The molecule has 4 heteroatoms. The Kier molecular flexibility index (Phi) is 6.59. The topological polar surface area (TPSA) is 46.6 Å². The molecule has 1 fully saturated rings. The summed E-state index contributed by atoms with van der Waals surface area (Å²) in [4.78, 5) is 26.2. The van der Waals surface area contributed by atoms with Gasteiger partial charge in [-0.25, -0.2) is 0 Å². The van der Waals surface area contributed by atoms with E-state index in [1.165, 1.54) is 0 Å². The Morgan fingerprint density at radius 1 is 1.23 bits per heavy atom. The van der Waals surface area contributed by atoms with Gasteiger partial charge in [-0.1, -0.05) is 37.3 Å². The summed E-state index contributed by atoms with van der Waals surface area (Å²) in [6.45, 7) is 4.28. The summed E-state index contributed by atoms with van der Waals surface area (Å²) in [5.41, 5.74) is 0.679. The molecule has 0 aliphatic carbocycles. The predicted octanol–water partition coefficient (Wildman–Crippen LogP) is 3.07. The van der Waals surface area contributed by atoms with Crippen LogP contribution in [0.25, 0.3) is 0 Å². The molecule has 0 saturated carbocycles. The highest BCUT2D eigenvalue weighted by Gasteiger charge is 2.24. The van der Waals surface area contributed by atoms with Gasteiger partial charge >= 0.3 is 0 Å². The van der Waals surface area contributed by atoms with Crippen molar-refractivity contribution in [2.45, 2.75) is 45.1 Å². The zero-order valence-corrected chi connectivity index (χ0v) is 13.3. The fourth-order valence-electron chi connectivity index (χ4n) is 2.73. The van der Waals surface area contributed by atoms with Crippen LogP contribution in [0.5, 0.6) is 0 Å². The van der Waals surface area contributed by atoms with Crippen molar-refractivity contribution in [2.75, 3.05) is 19.7 Å². The van der Waals surface area contributed by atoms with E-state index in [0.717, 1.165) is 32.4 Å². The maximum absolute atomic E-state index is 12.3. The normalized spacial score (nSPS) is 18.2. The van der Waals surface area contributed by atoms with E-state index < -0.39 is 0 Å². The lowest BCUT2D eigenvalue weighted by Crippen LogP contribution is -2.43. The molecule has 1 heterocycles. The van der Waals surface area contributed by atoms with Gasteiger partial charge in [-0.3, -0.25) is 9.59 Å². The van der Waals surface area contributed by atoms with E-state index in [4.69, 9.17) is 4.74 Å². The zero-order valence-electron chi connectivity index (χ0n) is 13.3. The monoisotopic (exact) mass is 303 g/mol. The number of piperidine rings is 1. The van der Waals surface area contributed by atoms with Crippen LogP contribution in [0.15, 0.2) is 30.3 Å². The second-order valence-corrected chi connectivity index (χ2v) is 5.76. The summed E-state index contributed by atoms with van der Waals surface area (Å²) in [6, 6.07) is 9.15. The minimum absolute atomic E-state index is 0.0322. The Balaban J connectivity index is 1.78. The van der Waals surface area contributed by atoms with Gasteiger partial charge in [-0.05, 0) is 19.3 Å². The van der Waals surface area contributed by atoms with Crippen LogP contribution in [0, 0.1) is 0 Å². The third-order valence-electron chi connectivity index (χ3n) is 3.95. The van der Waals surface area contributed by atoms with Gasteiger partial charge in [0.15, 0.2) is 5.78 Å². The van der Waals surface area contributed by atoms with Crippen molar-refractivity contribution >= 4 is 11.7 Å². The lowest BCUT2D eigenvalue weighted by molar-refractivity contribution is -0.135. The third-order valence-corrected chi connectivity index (χ3v) is 3.95. The van der Waals surface area contributed by atoms with E-state index in [1.54, 1.807) is 12.1 Å². The summed E-state index contributed by atoms with van der Waals surface area (Å²) in [5, 5.41) is 0. The minimum atomic E-state index is 0.0322. The van der Waals surface area contributed by atoms with Gasteiger partial charge in [0.25, 0.3) is 0 Å². The number of rotatable bonds is 7. The molecule has 1 aromatic carbocycles. The van der Waals surface area contributed by atoms with E-state index in [0.29, 0.717) is 12.1 Å². The highest BCUT2D eigenvalue weighted by atomic mass is 16.5. The number of amides is 1. The van der Waals surface area contributed by atoms with E-state index in [-0.39, 0.29) is 30.6 Å². The molecule has 2 rings (SSSR count). The lowest BCUT2D eigenvalue weighted by Gasteiger charge is -2.32. The van der Waals surface area contributed by atoms with Crippen molar-refractivity contribution < 1.29 is 14.3 Å². The molecule has 1 aliphatic rings. The van der Waals surface area contributed by atoms with E-state index in [2.05, 4.69) is 6.92 Å². The number of carbonyl (C=O) groups excluding carboxylic acids is 2. The first-order valence-corrected chi connectivity index (χ1v) is 8.18. The second-order valence-electron chi connectivity index (χ2n) is 5.76. The SMILES string of the molecule is CCCO[C@H]1CCCN(C(=O)CCC(=O)c2ccccc2)C1. The molecule has 120 valence electrons. The van der Waals surface area contributed by atoms with Crippen LogP contribution in [-0.2, 0) is 9.53 Å². The van der Waals surface area contributed by atoms with Crippen molar-refractivity contribution in [3.8, 4) is 0 Å². The number of hydrogen-bond donors (Lipinski definition) is 0. The summed E-state index contributed by atoms with van der Waals surface area (Å²) < 4.78 is 5.75. The highest BCUT2D eigenvalue weighted by molar-refractivity contribution is 5.97. The Morgan fingerprint density at radius 3 is 2.73 bits per heavy atom. The maximum atomic E-state index is 12.3. The molecule has 0 aromatic heterocycles. The molecule has 1 aliphatic heterocycles. The fraction of sp³-hybridized carbons (Fsp3) is 0.556. The smallest absolute Gasteiger partial charge is 0.223 e. The number of Topliss-reactive ketones (excluding diaryl/α,β-unsaturated/α-hetero) is 1. The van der Waals surface area contributed by atoms with Crippen molar-refractivity contribution in [3.63, 3.8) is 0 Å². The molecule has 0 bridgehead atoms. The molecule has 1 amide bonds. The number of nitrogens with zero attached hydrogens (tertiary/aromatic N) is 1. The zero-order chi connectivity index (χ0) is 15.8. The number of likely N-dealkylation sites (tertiary alicyclic amines) is 1. The number of carbonyl (C=O) groups is 2. The number of ketones is 1.